The minimum absolute atomic E-state index is 0.0173. The number of hydrogen-bond donors (Lipinski definition) is 5. The number of thiazole rings is 1. The molecule has 0 unspecified atom stereocenters. The van der Waals surface area contributed by atoms with Crippen LogP contribution in [0.3, 0.4) is 0 Å². The van der Waals surface area contributed by atoms with Crippen LogP contribution in [0.5, 0.6) is 0 Å². The molecule has 0 saturated carbocycles. The number of nitrogens with two attached hydrogens (primary N) is 1. The zero-order valence-electron chi connectivity index (χ0n) is 18.6. The summed E-state index contributed by atoms with van der Waals surface area (Å²) in [7, 11) is 1.23. The number of carbonyl (C=O) groups excluding carboxylic acids is 3. The van der Waals surface area contributed by atoms with E-state index in [0.717, 1.165) is 28.0 Å². The summed E-state index contributed by atoms with van der Waals surface area (Å²) in [5.41, 5.74) is 5.50. The Morgan fingerprint density at radius 1 is 1.36 bits per heavy atom. The van der Waals surface area contributed by atoms with Crippen molar-refractivity contribution < 1.29 is 39.0 Å². The second kappa shape index (κ2) is 9.98. The summed E-state index contributed by atoms with van der Waals surface area (Å²) >= 11 is 2.22. The number of nitrogens with one attached hydrogen (secondary N) is 2. The summed E-state index contributed by atoms with van der Waals surface area (Å²) in [6, 6.07) is -1.08. The SMILES string of the molecule is CON=C(C(=O)N[C@@H]1C(=O)N2C(C(=O)O)=C(C(CC(=O)O)=C3CCNC3=O)CS[C@H]12)c1csc(N)n1. The number of thioether (sulfide) groups is 1. The van der Waals surface area contributed by atoms with Gasteiger partial charge >= 0.3 is 11.9 Å². The molecule has 1 aromatic heterocycles. The highest BCUT2D eigenvalue weighted by molar-refractivity contribution is 8.00. The zero-order valence-corrected chi connectivity index (χ0v) is 20.3. The van der Waals surface area contributed by atoms with Crippen LogP contribution in [0.2, 0.25) is 0 Å². The van der Waals surface area contributed by atoms with Crippen LogP contribution in [0, 0.1) is 0 Å². The van der Waals surface area contributed by atoms with Crippen molar-refractivity contribution in [3.63, 3.8) is 0 Å². The van der Waals surface area contributed by atoms with Crippen molar-refractivity contribution in [1.82, 2.24) is 20.5 Å². The predicted octanol–water partition coefficient (Wildman–Crippen LogP) is -0.894. The maximum Gasteiger partial charge on any atom is 0.352 e. The molecule has 14 nitrogen and oxygen atoms in total. The van der Waals surface area contributed by atoms with Crippen LogP contribution < -0.4 is 16.4 Å². The summed E-state index contributed by atoms with van der Waals surface area (Å²) in [5, 5.41) is 29.0. The first kappa shape index (κ1) is 25.2. The van der Waals surface area contributed by atoms with Crippen molar-refractivity contribution in [1.29, 1.82) is 0 Å². The third-order valence-electron chi connectivity index (χ3n) is 5.61. The van der Waals surface area contributed by atoms with E-state index >= 15 is 0 Å². The maximum atomic E-state index is 13.0. The summed E-state index contributed by atoms with van der Waals surface area (Å²) < 4.78 is 0. The highest BCUT2D eigenvalue weighted by Crippen LogP contribution is 2.43. The number of β-lactam (4-membered cyclic amide) rings is 1. The van der Waals surface area contributed by atoms with E-state index in [2.05, 4.69) is 20.8 Å². The minimum atomic E-state index is -1.45. The van der Waals surface area contributed by atoms with Gasteiger partial charge < -0.3 is 31.4 Å². The Balaban J connectivity index is 1.63. The van der Waals surface area contributed by atoms with Gasteiger partial charge in [-0.25, -0.2) is 9.78 Å². The molecule has 0 radical (unpaired) electrons. The number of nitrogen functional groups attached to an aromatic ring is 1. The zero-order chi connectivity index (χ0) is 26.1. The van der Waals surface area contributed by atoms with Crippen LogP contribution >= 0.6 is 23.1 Å². The normalized spacial score (nSPS) is 23.0. The van der Waals surface area contributed by atoms with E-state index in [1.807, 2.05) is 0 Å². The second-order valence-corrected chi connectivity index (χ2v) is 9.71. The van der Waals surface area contributed by atoms with E-state index < -0.39 is 53.2 Å². The van der Waals surface area contributed by atoms with Crippen molar-refractivity contribution in [2.45, 2.75) is 24.3 Å². The molecule has 190 valence electrons. The molecular formula is C20H20N6O8S2. The van der Waals surface area contributed by atoms with Gasteiger partial charge in [-0.3, -0.25) is 24.1 Å². The number of hydrogen-bond acceptors (Lipinski definition) is 11. The topological polar surface area (TPSA) is 214 Å². The molecule has 6 N–H and O–H groups in total. The average molecular weight is 537 g/mol. The molecule has 2 atom stereocenters. The molecule has 36 heavy (non-hydrogen) atoms. The van der Waals surface area contributed by atoms with Crippen LogP contribution in [0.15, 0.2) is 33.0 Å². The van der Waals surface area contributed by atoms with Crippen LogP contribution in [0.25, 0.3) is 0 Å². The lowest BCUT2D eigenvalue weighted by Crippen LogP contribution is -2.71. The number of aliphatic carboxylic acids is 2. The van der Waals surface area contributed by atoms with Gasteiger partial charge in [0, 0.05) is 23.3 Å². The molecule has 3 aliphatic rings. The number of anilines is 1. The Labute approximate surface area is 211 Å². The molecule has 16 heteroatoms. The number of aromatic nitrogens is 1. The lowest BCUT2D eigenvalue weighted by atomic mass is 9.92. The largest absolute Gasteiger partial charge is 0.481 e. The number of carboxylic acid groups (broad SMARTS) is 2. The third kappa shape index (κ3) is 4.51. The van der Waals surface area contributed by atoms with Crippen LogP contribution in [0.1, 0.15) is 18.5 Å². The number of rotatable bonds is 8. The lowest BCUT2D eigenvalue weighted by molar-refractivity contribution is -0.150. The van der Waals surface area contributed by atoms with E-state index in [0.29, 0.717) is 6.54 Å². The molecule has 0 aromatic carbocycles. The molecule has 1 aromatic rings. The van der Waals surface area contributed by atoms with Gasteiger partial charge in [0.25, 0.3) is 11.8 Å². The third-order valence-corrected chi connectivity index (χ3v) is 7.56. The number of oxime groups is 1. The number of amides is 3. The van der Waals surface area contributed by atoms with Crippen molar-refractivity contribution in [2.24, 2.45) is 5.16 Å². The Kier molecular flexibility index (Phi) is 6.98. The Hall–Kier alpha value is -3.92. The molecule has 0 spiro atoms. The number of carboxylic acids is 2. The van der Waals surface area contributed by atoms with Crippen molar-refractivity contribution in [3.8, 4) is 0 Å². The van der Waals surface area contributed by atoms with Gasteiger partial charge in [0.05, 0.1) is 6.42 Å². The molecule has 2 saturated heterocycles. The Bertz CT molecular complexity index is 1270. The number of fused-ring (bicyclic) bond motifs is 1. The molecular weight excluding hydrogens is 516 g/mol. The standard InChI is InChI=1S/C20H20N6O8S2/c1-34-25-12(10-6-36-20(21)23-10)16(30)24-13-17(31)26-14(19(32)33)9(5-35-18(13)26)8(4-11(27)28)7-2-3-22-15(7)29/h6,13,18H,2-5H2,1H3,(H2,21,23)(H,22,29)(H,24,30)(H,27,28)(H,32,33)/t13-,18-/m1/s1. The van der Waals surface area contributed by atoms with Crippen molar-refractivity contribution in [2.75, 3.05) is 25.1 Å². The van der Waals surface area contributed by atoms with E-state index in [1.165, 1.54) is 12.5 Å². The van der Waals surface area contributed by atoms with Crippen molar-refractivity contribution >= 4 is 63.6 Å². The van der Waals surface area contributed by atoms with Crippen molar-refractivity contribution in [3.05, 3.63) is 33.5 Å². The highest BCUT2D eigenvalue weighted by Gasteiger charge is 2.55. The quantitative estimate of drug-likeness (QED) is 0.119. The summed E-state index contributed by atoms with van der Waals surface area (Å²) in [5.74, 6) is -4.62. The van der Waals surface area contributed by atoms with Gasteiger partial charge in [-0.05, 0) is 17.6 Å². The van der Waals surface area contributed by atoms with Gasteiger partial charge in [0.15, 0.2) is 10.8 Å². The fraction of sp³-hybridized carbons (Fsp3) is 0.350. The van der Waals surface area contributed by atoms with Gasteiger partial charge in [-0.2, -0.15) is 0 Å². The first-order chi connectivity index (χ1) is 17.1. The predicted molar refractivity (Wildman–Crippen MR) is 127 cm³/mol. The number of nitrogens with zero attached hydrogens (tertiary/aromatic N) is 3. The van der Waals surface area contributed by atoms with E-state index in [4.69, 9.17) is 10.6 Å². The van der Waals surface area contributed by atoms with Gasteiger partial charge in [0.2, 0.25) is 5.91 Å². The average Bonchev–Trinajstić information content (AvgIpc) is 3.45. The van der Waals surface area contributed by atoms with Crippen LogP contribution in [-0.2, 0) is 28.8 Å². The lowest BCUT2D eigenvalue weighted by Gasteiger charge is -2.49. The Morgan fingerprint density at radius 3 is 2.67 bits per heavy atom. The fourth-order valence-corrected chi connectivity index (χ4v) is 6.04. The highest BCUT2D eigenvalue weighted by atomic mass is 32.2. The molecule has 2 fully saturated rings. The van der Waals surface area contributed by atoms with Crippen LogP contribution in [0.4, 0.5) is 5.13 Å². The monoisotopic (exact) mass is 536 g/mol. The Morgan fingerprint density at radius 2 is 2.11 bits per heavy atom. The first-order valence-electron chi connectivity index (χ1n) is 10.4. The molecule has 0 bridgehead atoms. The molecule has 3 aliphatic heterocycles. The minimum Gasteiger partial charge on any atom is -0.481 e. The molecule has 4 heterocycles. The summed E-state index contributed by atoms with van der Waals surface area (Å²) in [6.07, 6.45) is -0.336. The molecule has 4 rings (SSSR count). The summed E-state index contributed by atoms with van der Waals surface area (Å²) in [6.45, 7) is 0.301. The summed E-state index contributed by atoms with van der Waals surface area (Å²) in [4.78, 5) is 71.6. The second-order valence-electron chi connectivity index (χ2n) is 7.72. The smallest absolute Gasteiger partial charge is 0.352 e. The van der Waals surface area contributed by atoms with Gasteiger partial charge in [0.1, 0.15) is 29.9 Å². The van der Waals surface area contributed by atoms with Crippen LogP contribution in [-0.4, -0.2) is 86.3 Å². The first-order valence-corrected chi connectivity index (χ1v) is 12.3. The maximum absolute atomic E-state index is 13.0. The fourth-order valence-electron chi connectivity index (χ4n) is 4.11. The van der Waals surface area contributed by atoms with Gasteiger partial charge in [-0.15, -0.1) is 23.1 Å². The van der Waals surface area contributed by atoms with E-state index in [-0.39, 0.29) is 45.4 Å². The molecule has 3 amide bonds. The van der Waals surface area contributed by atoms with E-state index in [1.54, 1.807) is 0 Å². The van der Waals surface area contributed by atoms with Gasteiger partial charge in [-0.1, -0.05) is 5.16 Å². The van der Waals surface area contributed by atoms with E-state index in [9.17, 15) is 34.2 Å². The molecule has 0 aliphatic carbocycles. The number of carbonyl (C=O) groups is 5.